The first-order chi connectivity index (χ1) is 14.7. The third-order valence-electron chi connectivity index (χ3n) is 4.97. The molecule has 0 saturated carbocycles. The highest BCUT2D eigenvalue weighted by Crippen LogP contribution is 2.26. The Balaban J connectivity index is 1.69. The van der Waals surface area contributed by atoms with Crippen LogP contribution in [0.5, 0.6) is 0 Å². The number of ether oxygens (including phenoxy) is 1. The summed E-state index contributed by atoms with van der Waals surface area (Å²) in [6.45, 7) is 0. The fourth-order valence-electron chi connectivity index (χ4n) is 3.45. The van der Waals surface area contributed by atoms with Gasteiger partial charge in [-0.25, -0.2) is 19.7 Å². The van der Waals surface area contributed by atoms with Crippen molar-refractivity contribution in [2.24, 2.45) is 0 Å². The quantitative estimate of drug-likeness (QED) is 0.391. The van der Waals surface area contributed by atoms with Crippen LogP contribution in [0.2, 0.25) is 0 Å². The van der Waals surface area contributed by atoms with Crippen LogP contribution in [0.3, 0.4) is 0 Å². The average molecular weight is 391 g/mol. The van der Waals surface area contributed by atoms with Gasteiger partial charge in [0.25, 0.3) is 0 Å². The zero-order chi connectivity index (χ0) is 20.5. The molecular weight excluding hydrogens is 374 g/mol. The van der Waals surface area contributed by atoms with Crippen LogP contribution in [0.25, 0.3) is 44.6 Å². The third kappa shape index (κ3) is 3.26. The van der Waals surface area contributed by atoms with Gasteiger partial charge in [-0.15, -0.1) is 0 Å². The van der Waals surface area contributed by atoms with Gasteiger partial charge in [0.15, 0.2) is 0 Å². The number of para-hydroxylation sites is 2. The van der Waals surface area contributed by atoms with Crippen LogP contribution in [0, 0.1) is 0 Å². The minimum atomic E-state index is -0.429. The van der Waals surface area contributed by atoms with Gasteiger partial charge in [0, 0.05) is 10.8 Å². The number of methoxy groups -OCH3 is 1. The van der Waals surface area contributed by atoms with Gasteiger partial charge >= 0.3 is 5.97 Å². The smallest absolute Gasteiger partial charge is 0.338 e. The fraction of sp³-hybridized carbons (Fsp3) is 0.0400. The Morgan fingerprint density at radius 3 is 1.63 bits per heavy atom. The molecule has 0 aliphatic rings. The molecule has 30 heavy (non-hydrogen) atoms. The number of pyridine rings is 3. The number of benzene rings is 2. The second kappa shape index (κ2) is 7.37. The monoisotopic (exact) mass is 391 g/mol. The SMILES string of the molecule is COC(=O)c1cc(-c2ccc3ccccc3n2)nc(-c2ccc3ccccc3n2)c1. The van der Waals surface area contributed by atoms with E-state index in [-0.39, 0.29) is 0 Å². The topological polar surface area (TPSA) is 65.0 Å². The van der Waals surface area contributed by atoms with Crippen LogP contribution >= 0.6 is 0 Å². The lowest BCUT2D eigenvalue weighted by Gasteiger charge is -2.09. The van der Waals surface area contributed by atoms with Crippen LogP contribution in [0.15, 0.2) is 84.9 Å². The molecule has 0 radical (unpaired) electrons. The first kappa shape index (κ1) is 17.9. The van der Waals surface area contributed by atoms with E-state index < -0.39 is 5.97 Å². The summed E-state index contributed by atoms with van der Waals surface area (Å²) in [6.07, 6.45) is 0. The number of hydrogen-bond donors (Lipinski definition) is 0. The van der Waals surface area contributed by atoms with Gasteiger partial charge in [-0.1, -0.05) is 48.5 Å². The third-order valence-corrected chi connectivity index (χ3v) is 4.97. The van der Waals surface area contributed by atoms with E-state index in [2.05, 4.69) is 0 Å². The molecule has 0 saturated heterocycles. The van der Waals surface area contributed by atoms with Gasteiger partial charge in [-0.05, 0) is 36.4 Å². The van der Waals surface area contributed by atoms with Crippen molar-refractivity contribution in [3.63, 3.8) is 0 Å². The highest BCUT2D eigenvalue weighted by Gasteiger charge is 2.14. The number of carbonyl (C=O) groups excluding carboxylic acids is 1. The number of carbonyl (C=O) groups is 1. The van der Waals surface area contributed by atoms with Gasteiger partial charge < -0.3 is 4.74 Å². The maximum Gasteiger partial charge on any atom is 0.338 e. The lowest BCUT2D eigenvalue weighted by atomic mass is 10.1. The van der Waals surface area contributed by atoms with E-state index in [1.807, 2.05) is 72.8 Å². The molecule has 2 aromatic carbocycles. The molecule has 0 unspecified atom stereocenters. The number of esters is 1. The van der Waals surface area contributed by atoms with E-state index in [0.717, 1.165) is 21.8 Å². The van der Waals surface area contributed by atoms with E-state index in [1.54, 1.807) is 12.1 Å². The van der Waals surface area contributed by atoms with E-state index in [1.165, 1.54) is 7.11 Å². The van der Waals surface area contributed by atoms with Crippen LogP contribution < -0.4 is 0 Å². The van der Waals surface area contributed by atoms with E-state index in [4.69, 9.17) is 19.7 Å². The number of nitrogens with zero attached hydrogens (tertiary/aromatic N) is 3. The van der Waals surface area contributed by atoms with Crippen molar-refractivity contribution in [2.75, 3.05) is 7.11 Å². The Morgan fingerprint density at radius 2 is 1.13 bits per heavy atom. The van der Waals surface area contributed by atoms with Crippen molar-refractivity contribution >= 4 is 27.8 Å². The molecular formula is C25H17N3O2. The molecule has 144 valence electrons. The molecule has 5 heteroatoms. The van der Waals surface area contributed by atoms with Crippen LogP contribution in [0.4, 0.5) is 0 Å². The number of aromatic nitrogens is 3. The zero-order valence-electron chi connectivity index (χ0n) is 16.2. The zero-order valence-corrected chi connectivity index (χ0v) is 16.2. The predicted octanol–water partition coefficient (Wildman–Crippen LogP) is 5.30. The Labute approximate surface area is 173 Å². The minimum Gasteiger partial charge on any atom is -0.465 e. The first-order valence-corrected chi connectivity index (χ1v) is 9.54. The molecule has 0 amide bonds. The second-order valence-electron chi connectivity index (χ2n) is 6.90. The largest absolute Gasteiger partial charge is 0.465 e. The number of rotatable bonds is 3. The molecule has 0 N–H and O–H groups in total. The van der Waals surface area contributed by atoms with Crippen molar-refractivity contribution < 1.29 is 9.53 Å². The molecule has 0 atom stereocenters. The number of hydrogen-bond acceptors (Lipinski definition) is 5. The van der Waals surface area contributed by atoms with Gasteiger partial charge in [-0.2, -0.15) is 0 Å². The molecule has 0 spiro atoms. The van der Waals surface area contributed by atoms with Gasteiger partial charge in [-0.3, -0.25) is 0 Å². The van der Waals surface area contributed by atoms with Gasteiger partial charge in [0.1, 0.15) is 0 Å². The van der Waals surface area contributed by atoms with Crippen LogP contribution in [-0.2, 0) is 4.74 Å². The Hall–Kier alpha value is -4.12. The summed E-state index contributed by atoms with van der Waals surface area (Å²) in [7, 11) is 1.37. The Bertz CT molecular complexity index is 1310. The first-order valence-electron chi connectivity index (χ1n) is 9.54. The summed E-state index contributed by atoms with van der Waals surface area (Å²) in [4.78, 5) is 26.5. The van der Waals surface area contributed by atoms with Gasteiger partial charge in [0.05, 0.1) is 46.5 Å². The van der Waals surface area contributed by atoms with Crippen LogP contribution in [0.1, 0.15) is 10.4 Å². The normalized spacial score (nSPS) is 11.0. The molecule has 5 rings (SSSR count). The van der Waals surface area contributed by atoms with Crippen molar-refractivity contribution in [3.8, 4) is 22.8 Å². The molecule has 0 aliphatic carbocycles. The van der Waals surface area contributed by atoms with Crippen molar-refractivity contribution in [2.45, 2.75) is 0 Å². The highest BCUT2D eigenvalue weighted by atomic mass is 16.5. The van der Waals surface area contributed by atoms with Crippen molar-refractivity contribution in [3.05, 3.63) is 90.5 Å². The fourth-order valence-corrected chi connectivity index (χ4v) is 3.45. The lowest BCUT2D eigenvalue weighted by Crippen LogP contribution is -2.04. The minimum absolute atomic E-state index is 0.405. The lowest BCUT2D eigenvalue weighted by molar-refractivity contribution is 0.0600. The van der Waals surface area contributed by atoms with Crippen molar-refractivity contribution in [1.82, 2.24) is 15.0 Å². The summed E-state index contributed by atoms with van der Waals surface area (Å²) >= 11 is 0. The molecule has 3 aromatic heterocycles. The molecule has 0 bridgehead atoms. The maximum atomic E-state index is 12.3. The van der Waals surface area contributed by atoms with E-state index in [0.29, 0.717) is 28.3 Å². The molecule has 0 aliphatic heterocycles. The highest BCUT2D eigenvalue weighted by molar-refractivity contribution is 5.92. The standard InChI is InChI=1S/C25H17N3O2/c1-30-25(29)18-14-23(21-12-10-16-6-2-4-8-19(16)26-21)28-24(15-18)22-13-11-17-7-3-5-9-20(17)27-22/h2-15H,1H3. The Kier molecular flexibility index (Phi) is 4.41. The average Bonchev–Trinajstić information content (AvgIpc) is 2.82. The predicted molar refractivity (Wildman–Crippen MR) is 117 cm³/mol. The second-order valence-corrected chi connectivity index (χ2v) is 6.90. The Morgan fingerprint density at radius 1 is 0.633 bits per heavy atom. The van der Waals surface area contributed by atoms with Crippen LogP contribution in [-0.4, -0.2) is 28.0 Å². The molecule has 0 fully saturated rings. The molecule has 3 heterocycles. The summed E-state index contributed by atoms with van der Waals surface area (Å²) < 4.78 is 4.95. The van der Waals surface area contributed by atoms with Gasteiger partial charge in [0.2, 0.25) is 0 Å². The number of fused-ring (bicyclic) bond motifs is 2. The summed E-state index contributed by atoms with van der Waals surface area (Å²) in [5.41, 5.74) is 4.68. The summed E-state index contributed by atoms with van der Waals surface area (Å²) in [5, 5.41) is 2.09. The molecule has 5 aromatic rings. The summed E-state index contributed by atoms with van der Waals surface area (Å²) in [6, 6.07) is 27.0. The van der Waals surface area contributed by atoms with E-state index >= 15 is 0 Å². The van der Waals surface area contributed by atoms with Crippen molar-refractivity contribution in [1.29, 1.82) is 0 Å². The summed E-state index contributed by atoms with van der Waals surface area (Å²) in [5.74, 6) is -0.429. The maximum absolute atomic E-state index is 12.3. The van der Waals surface area contributed by atoms with E-state index in [9.17, 15) is 4.79 Å². The molecule has 5 nitrogen and oxygen atoms in total.